The molecule has 0 saturated carbocycles. The molecule has 0 N–H and O–H groups in total. The average molecular weight is 605 g/mol. The summed E-state index contributed by atoms with van der Waals surface area (Å²) in [5.41, 5.74) is 0. The Morgan fingerprint density at radius 1 is 0.395 bits per heavy atom. The van der Waals surface area contributed by atoms with Gasteiger partial charge in [0.2, 0.25) is 0 Å². The highest BCUT2D eigenvalue weighted by Crippen LogP contribution is 2.28. The van der Waals surface area contributed by atoms with Crippen LogP contribution in [0.2, 0.25) is 0 Å². The van der Waals surface area contributed by atoms with E-state index >= 15 is 0 Å². The van der Waals surface area contributed by atoms with E-state index in [0.29, 0.717) is 0 Å². The van der Waals surface area contributed by atoms with E-state index in [0.717, 1.165) is 0 Å². The van der Waals surface area contributed by atoms with Crippen LogP contribution in [0.15, 0.2) is 122 Å². The summed E-state index contributed by atoms with van der Waals surface area (Å²) in [7, 11) is 8.00. The van der Waals surface area contributed by atoms with Crippen molar-refractivity contribution in [3.63, 3.8) is 0 Å². The van der Waals surface area contributed by atoms with Crippen molar-refractivity contribution in [3.8, 4) is 0 Å². The third-order valence-electron chi connectivity index (χ3n) is 3.46. The zero-order valence-corrected chi connectivity index (χ0v) is 24.7. The van der Waals surface area contributed by atoms with Crippen LogP contribution in [0.1, 0.15) is 0 Å². The molecule has 0 unspecified atom stereocenters. The van der Waals surface area contributed by atoms with Crippen LogP contribution in [0.3, 0.4) is 0 Å². The monoisotopic (exact) mass is 604 g/mol. The molecule has 0 radical (unpaired) electrons. The van der Waals surface area contributed by atoms with Gasteiger partial charge in [0.25, 0.3) is 0 Å². The predicted octanol–water partition coefficient (Wildman–Crippen LogP) is 0.152. The highest BCUT2D eigenvalue weighted by molar-refractivity contribution is 7.77. The first-order chi connectivity index (χ1) is 17.6. The first kappa shape index (κ1) is 37.6. The van der Waals surface area contributed by atoms with Gasteiger partial charge in [-0.3, -0.25) is 0 Å². The molecule has 0 aliphatic rings. The minimum atomic E-state index is -4.67. The lowest BCUT2D eigenvalue weighted by Crippen LogP contribution is -2.25. The second-order valence-corrected chi connectivity index (χ2v) is 11.2. The van der Waals surface area contributed by atoms with Crippen molar-refractivity contribution in [2.75, 3.05) is 0 Å². The number of hydrogen-bond donors (Lipinski definition) is 0. The molecule has 4 rings (SSSR count). The molecule has 4 aromatic rings. The van der Waals surface area contributed by atoms with E-state index in [1.807, 2.05) is 169 Å². The third kappa shape index (κ3) is 40.6. The van der Waals surface area contributed by atoms with Crippen molar-refractivity contribution in [1.82, 2.24) is 0 Å². The second-order valence-electron chi connectivity index (χ2n) is 7.03. The van der Waals surface area contributed by atoms with E-state index in [4.69, 9.17) is 28.7 Å². The van der Waals surface area contributed by atoms with Crippen LogP contribution in [0.25, 0.3) is 0 Å². The molecule has 0 atom stereocenters. The van der Waals surface area contributed by atoms with Crippen molar-refractivity contribution >= 4 is 36.4 Å². The van der Waals surface area contributed by atoms with E-state index in [2.05, 4.69) is 22.5 Å². The Bertz CT molecular complexity index is 985. The molecular formula is C24H32Cl2N4O6P2. The smallest absolute Gasteiger partial charge is 0.168 e. The lowest BCUT2D eigenvalue weighted by Gasteiger charge is -2.18. The summed E-state index contributed by atoms with van der Waals surface area (Å²) < 4.78 is 25.7. The molecule has 0 fully saturated rings. The molecule has 10 nitrogen and oxygen atoms in total. The quantitative estimate of drug-likeness (QED) is 0.207. The SMILES string of the molecule is C[n+]1ccccc1.C[n+]1ccccc1.C[n+]1ccccc1.C[n+]1ccccc1.O=P([O-])([O-])Cl.O=P([O-])([O-])Cl. The zero-order chi connectivity index (χ0) is 29.5. The fourth-order valence-corrected chi connectivity index (χ4v) is 1.94. The van der Waals surface area contributed by atoms with Gasteiger partial charge in [-0.05, 0) is 0 Å². The van der Waals surface area contributed by atoms with Crippen molar-refractivity contribution in [2.45, 2.75) is 0 Å². The van der Waals surface area contributed by atoms with E-state index in [-0.39, 0.29) is 0 Å². The highest BCUT2D eigenvalue weighted by Gasteiger charge is 1.80. The molecule has 0 saturated heterocycles. The molecular weight excluding hydrogens is 573 g/mol. The van der Waals surface area contributed by atoms with Crippen molar-refractivity contribution < 1.29 is 47.0 Å². The molecule has 14 heteroatoms. The van der Waals surface area contributed by atoms with Gasteiger partial charge in [0.05, 0.1) is 0 Å². The van der Waals surface area contributed by atoms with Crippen LogP contribution in [-0.4, -0.2) is 0 Å². The van der Waals surface area contributed by atoms with Crippen LogP contribution in [-0.2, 0) is 37.3 Å². The molecule has 0 aliphatic carbocycles. The first-order valence-electron chi connectivity index (χ1n) is 10.6. The van der Waals surface area contributed by atoms with Gasteiger partial charge in [0.1, 0.15) is 28.2 Å². The summed E-state index contributed by atoms with van der Waals surface area (Å²) >= 11 is 7.95. The van der Waals surface area contributed by atoms with Gasteiger partial charge in [0, 0.05) is 62.4 Å². The Hall–Kier alpha value is -2.52. The number of aromatic nitrogens is 4. The van der Waals surface area contributed by atoms with Gasteiger partial charge in [-0.25, -0.2) is 18.3 Å². The lowest BCUT2D eigenvalue weighted by molar-refractivity contribution is -0.671. The Labute approximate surface area is 233 Å². The Morgan fingerprint density at radius 3 is 0.553 bits per heavy atom. The summed E-state index contributed by atoms with van der Waals surface area (Å²) in [6.45, 7) is -9.33. The fourth-order valence-electron chi connectivity index (χ4n) is 1.94. The van der Waals surface area contributed by atoms with Crippen LogP contribution in [0.4, 0.5) is 0 Å². The summed E-state index contributed by atoms with van der Waals surface area (Å²) in [5, 5.41) is 0. The van der Waals surface area contributed by atoms with Crippen LogP contribution in [0, 0.1) is 0 Å². The molecule has 4 aromatic heterocycles. The van der Waals surface area contributed by atoms with Gasteiger partial charge in [-0.1, -0.05) is 46.7 Å². The molecule has 0 bridgehead atoms. The molecule has 0 spiro atoms. The molecule has 208 valence electrons. The van der Waals surface area contributed by atoms with Gasteiger partial charge in [-0.15, -0.1) is 0 Å². The fraction of sp³-hybridized carbons (Fsp3) is 0.167. The summed E-state index contributed by atoms with van der Waals surface area (Å²) in [6.07, 6.45) is 16.0. The van der Waals surface area contributed by atoms with E-state index in [1.165, 1.54) is 0 Å². The zero-order valence-electron chi connectivity index (χ0n) is 21.4. The van der Waals surface area contributed by atoms with Crippen LogP contribution < -0.4 is 37.8 Å². The number of hydrogen-bond acceptors (Lipinski definition) is 6. The topological polar surface area (TPSA) is 142 Å². The Balaban J connectivity index is 0. The average Bonchev–Trinajstić information content (AvgIpc) is 2.80. The summed E-state index contributed by atoms with van der Waals surface area (Å²) in [5.74, 6) is 0. The van der Waals surface area contributed by atoms with Crippen LogP contribution >= 0.6 is 36.4 Å². The highest BCUT2D eigenvalue weighted by atomic mass is 35.7. The van der Waals surface area contributed by atoms with Gasteiger partial charge in [-0.2, -0.15) is 0 Å². The van der Waals surface area contributed by atoms with Gasteiger partial charge >= 0.3 is 0 Å². The lowest BCUT2D eigenvalue weighted by atomic mass is 10.5. The normalized spacial score (nSPS) is 9.53. The molecule has 0 amide bonds. The molecule has 38 heavy (non-hydrogen) atoms. The second kappa shape index (κ2) is 22.5. The Morgan fingerprint density at radius 2 is 0.500 bits per heavy atom. The summed E-state index contributed by atoms with van der Waals surface area (Å²) in [4.78, 5) is 35.5. The molecule has 0 aromatic carbocycles. The third-order valence-corrected chi connectivity index (χ3v) is 3.46. The Kier molecular flexibility index (Phi) is 22.2. The van der Waals surface area contributed by atoms with Crippen molar-refractivity contribution in [2.24, 2.45) is 28.2 Å². The number of halogens is 2. The number of nitrogens with zero attached hydrogens (tertiary/aromatic N) is 4. The van der Waals surface area contributed by atoms with Crippen molar-refractivity contribution in [1.29, 1.82) is 0 Å². The number of rotatable bonds is 0. The minimum absolute atomic E-state index is 2.00. The van der Waals surface area contributed by atoms with E-state index in [9.17, 15) is 0 Å². The molecule has 0 aliphatic heterocycles. The maximum Gasteiger partial charge on any atom is 0.168 e. The summed E-state index contributed by atoms with van der Waals surface area (Å²) in [6, 6.07) is 24.0. The number of aryl methyl sites for hydroxylation is 4. The van der Waals surface area contributed by atoms with Crippen LogP contribution in [0.5, 0.6) is 0 Å². The van der Waals surface area contributed by atoms with E-state index < -0.39 is 13.9 Å². The largest absolute Gasteiger partial charge is 0.799 e. The number of pyridine rings is 4. The predicted molar refractivity (Wildman–Crippen MR) is 137 cm³/mol. The maximum atomic E-state index is 8.87. The maximum absolute atomic E-state index is 8.87. The van der Waals surface area contributed by atoms with Crippen molar-refractivity contribution in [3.05, 3.63) is 122 Å². The first-order valence-corrected chi connectivity index (χ1v) is 15.5. The van der Waals surface area contributed by atoms with Gasteiger partial charge in [0.15, 0.2) is 49.6 Å². The standard InChI is InChI=1S/4C6H8N.2ClH2O3P/c4*1-7-5-3-2-4-6-7;2*1-5(2,3)4/h4*2-6H,1H3;2*(H2,2,3,4)/q4*+1;;/p-4. The van der Waals surface area contributed by atoms with Gasteiger partial charge < -0.3 is 28.7 Å². The molecule has 4 heterocycles. The van der Waals surface area contributed by atoms with E-state index in [1.54, 1.807) is 0 Å². The minimum Gasteiger partial charge on any atom is -0.799 e.